The lowest BCUT2D eigenvalue weighted by molar-refractivity contribution is 0.609. The minimum atomic E-state index is 0.473. The van der Waals surface area contributed by atoms with Gasteiger partial charge >= 0.3 is 0 Å². The average molecular weight is 233 g/mol. The number of hydrogen-bond donors (Lipinski definition) is 3. The van der Waals surface area contributed by atoms with Gasteiger partial charge in [-0.25, -0.2) is 15.8 Å². The van der Waals surface area contributed by atoms with Crippen LogP contribution < -0.4 is 16.6 Å². The van der Waals surface area contributed by atoms with Crippen LogP contribution in [0.25, 0.3) is 0 Å². The van der Waals surface area contributed by atoms with Gasteiger partial charge in [0.05, 0.1) is 0 Å². The summed E-state index contributed by atoms with van der Waals surface area (Å²) < 4.78 is 0. The summed E-state index contributed by atoms with van der Waals surface area (Å²) >= 11 is 0. The van der Waals surface area contributed by atoms with E-state index in [1.54, 1.807) is 0 Å². The van der Waals surface area contributed by atoms with E-state index in [-0.39, 0.29) is 0 Å². The molecule has 0 aromatic carbocycles. The topological polar surface area (TPSA) is 75.9 Å². The summed E-state index contributed by atoms with van der Waals surface area (Å²) in [5, 5.41) is 3.40. The third-order valence-electron chi connectivity index (χ3n) is 3.63. The largest absolute Gasteiger partial charge is 0.369 e. The normalized spacial score (nSPS) is 21.1. The van der Waals surface area contributed by atoms with Crippen LogP contribution in [-0.2, 0) is 0 Å². The monoisotopic (exact) mass is 233 g/mol. The molecule has 5 nitrogen and oxygen atoms in total. The molecule has 5 heteroatoms. The number of aromatic nitrogens is 2. The zero-order valence-electron chi connectivity index (χ0n) is 10.2. The van der Waals surface area contributed by atoms with Crippen LogP contribution >= 0.6 is 0 Å². The van der Waals surface area contributed by atoms with Crippen LogP contribution in [0.15, 0.2) is 6.07 Å². The molecule has 0 amide bonds. The highest BCUT2D eigenvalue weighted by molar-refractivity contribution is 5.47. The Morgan fingerprint density at radius 2 is 2.06 bits per heavy atom. The summed E-state index contributed by atoms with van der Waals surface area (Å²) in [5.41, 5.74) is 3.09. The number of anilines is 2. The lowest BCUT2D eigenvalue weighted by Crippen LogP contribution is -2.15. The number of nitrogen functional groups attached to an aromatic ring is 1. The minimum Gasteiger partial charge on any atom is -0.369 e. The van der Waals surface area contributed by atoms with Gasteiger partial charge in [0, 0.05) is 18.5 Å². The van der Waals surface area contributed by atoms with Gasteiger partial charge in [-0.3, -0.25) is 0 Å². The predicted octanol–water partition coefficient (Wildman–Crippen LogP) is 1.85. The van der Waals surface area contributed by atoms with E-state index in [1.165, 1.54) is 25.7 Å². The Bertz CT molecular complexity index is 423. The molecule has 2 aliphatic rings. The number of nitrogens with zero attached hydrogens (tertiary/aromatic N) is 2. The fourth-order valence-electron chi connectivity index (χ4n) is 1.85. The SMILES string of the molecule is CC1(CNc2cc(NN)nc(C3CC3)n2)CC1. The molecule has 2 fully saturated rings. The van der Waals surface area contributed by atoms with Gasteiger partial charge in [0.15, 0.2) is 0 Å². The van der Waals surface area contributed by atoms with Crippen LogP contribution in [0.3, 0.4) is 0 Å². The van der Waals surface area contributed by atoms with Crippen molar-refractivity contribution in [1.82, 2.24) is 9.97 Å². The maximum absolute atomic E-state index is 5.43. The zero-order valence-corrected chi connectivity index (χ0v) is 10.2. The van der Waals surface area contributed by atoms with Gasteiger partial charge in [0.1, 0.15) is 17.5 Å². The van der Waals surface area contributed by atoms with Crippen molar-refractivity contribution in [3.63, 3.8) is 0 Å². The van der Waals surface area contributed by atoms with Crippen molar-refractivity contribution in [2.45, 2.75) is 38.5 Å². The summed E-state index contributed by atoms with van der Waals surface area (Å²) in [6, 6.07) is 1.87. The molecule has 1 aromatic heterocycles. The molecule has 1 heterocycles. The fraction of sp³-hybridized carbons (Fsp3) is 0.667. The van der Waals surface area contributed by atoms with E-state index in [1.807, 2.05) is 6.07 Å². The Morgan fingerprint density at radius 1 is 1.35 bits per heavy atom. The highest BCUT2D eigenvalue weighted by atomic mass is 15.3. The second kappa shape index (κ2) is 3.84. The highest BCUT2D eigenvalue weighted by Crippen LogP contribution is 2.45. The van der Waals surface area contributed by atoms with Crippen LogP contribution in [-0.4, -0.2) is 16.5 Å². The van der Waals surface area contributed by atoms with Crippen LogP contribution in [0.4, 0.5) is 11.6 Å². The van der Waals surface area contributed by atoms with Gasteiger partial charge in [-0.15, -0.1) is 0 Å². The fourth-order valence-corrected chi connectivity index (χ4v) is 1.85. The van der Waals surface area contributed by atoms with Gasteiger partial charge in [-0.2, -0.15) is 0 Å². The number of nitrogens with one attached hydrogen (secondary N) is 2. The van der Waals surface area contributed by atoms with E-state index in [4.69, 9.17) is 5.84 Å². The molecule has 0 spiro atoms. The Kier molecular flexibility index (Phi) is 2.43. The summed E-state index contributed by atoms with van der Waals surface area (Å²) in [6.45, 7) is 3.28. The Morgan fingerprint density at radius 3 is 2.65 bits per heavy atom. The van der Waals surface area contributed by atoms with E-state index in [0.717, 1.165) is 18.2 Å². The number of hydrazine groups is 1. The number of rotatable bonds is 5. The second-order valence-corrected chi connectivity index (χ2v) is 5.58. The van der Waals surface area contributed by atoms with E-state index in [0.29, 0.717) is 17.2 Å². The lowest BCUT2D eigenvalue weighted by atomic mass is 10.1. The standard InChI is InChI=1S/C12H19N5/c1-12(4-5-12)7-14-9-6-10(17-13)16-11(15-9)8-2-3-8/h6,8H,2-5,7,13H2,1H3,(H2,14,15,16,17). The Balaban J connectivity index is 1.74. The molecule has 4 N–H and O–H groups in total. The molecule has 0 radical (unpaired) electrons. The Labute approximate surface area is 101 Å². The molecule has 92 valence electrons. The lowest BCUT2D eigenvalue weighted by Gasteiger charge is -2.12. The first-order valence-corrected chi connectivity index (χ1v) is 6.28. The quantitative estimate of drug-likeness (QED) is 0.534. The first kappa shape index (κ1) is 10.8. The van der Waals surface area contributed by atoms with Crippen molar-refractivity contribution in [2.75, 3.05) is 17.3 Å². The number of hydrogen-bond acceptors (Lipinski definition) is 5. The average Bonchev–Trinajstić information content (AvgIpc) is 3.22. The first-order valence-electron chi connectivity index (χ1n) is 6.28. The predicted molar refractivity (Wildman–Crippen MR) is 67.6 cm³/mol. The van der Waals surface area contributed by atoms with Gasteiger partial charge in [-0.1, -0.05) is 6.92 Å². The molecule has 1 aromatic rings. The molecule has 3 rings (SSSR count). The molecule has 0 saturated heterocycles. The smallest absolute Gasteiger partial charge is 0.145 e. The van der Waals surface area contributed by atoms with Crippen molar-refractivity contribution >= 4 is 11.6 Å². The van der Waals surface area contributed by atoms with Gasteiger partial charge < -0.3 is 10.7 Å². The Hall–Kier alpha value is -1.36. The molecule has 0 unspecified atom stereocenters. The van der Waals surface area contributed by atoms with Crippen LogP contribution in [0.5, 0.6) is 0 Å². The van der Waals surface area contributed by atoms with E-state index in [9.17, 15) is 0 Å². The molecule has 0 atom stereocenters. The van der Waals surface area contributed by atoms with Crippen LogP contribution in [0.1, 0.15) is 44.3 Å². The summed E-state index contributed by atoms with van der Waals surface area (Å²) in [7, 11) is 0. The minimum absolute atomic E-state index is 0.473. The third-order valence-corrected chi connectivity index (χ3v) is 3.63. The van der Waals surface area contributed by atoms with Crippen LogP contribution in [0.2, 0.25) is 0 Å². The van der Waals surface area contributed by atoms with E-state index >= 15 is 0 Å². The summed E-state index contributed by atoms with van der Waals surface area (Å²) in [6.07, 6.45) is 5.02. The second-order valence-electron chi connectivity index (χ2n) is 5.58. The van der Waals surface area contributed by atoms with Crippen molar-refractivity contribution in [1.29, 1.82) is 0 Å². The third kappa shape index (κ3) is 2.49. The highest BCUT2D eigenvalue weighted by Gasteiger charge is 2.37. The zero-order chi connectivity index (χ0) is 11.9. The van der Waals surface area contributed by atoms with Gasteiger partial charge in [0.2, 0.25) is 0 Å². The van der Waals surface area contributed by atoms with E-state index in [2.05, 4.69) is 27.6 Å². The molecule has 2 saturated carbocycles. The molecule has 0 aliphatic heterocycles. The van der Waals surface area contributed by atoms with Crippen molar-refractivity contribution in [3.05, 3.63) is 11.9 Å². The molecule has 2 aliphatic carbocycles. The van der Waals surface area contributed by atoms with E-state index < -0.39 is 0 Å². The first-order chi connectivity index (χ1) is 8.18. The van der Waals surface area contributed by atoms with Crippen molar-refractivity contribution in [3.8, 4) is 0 Å². The summed E-state index contributed by atoms with van der Waals surface area (Å²) in [5.74, 6) is 8.49. The maximum Gasteiger partial charge on any atom is 0.145 e. The molecular formula is C12H19N5. The molecule has 0 bridgehead atoms. The summed E-state index contributed by atoms with van der Waals surface area (Å²) in [4.78, 5) is 8.94. The van der Waals surface area contributed by atoms with Gasteiger partial charge in [-0.05, 0) is 31.1 Å². The van der Waals surface area contributed by atoms with Crippen molar-refractivity contribution in [2.24, 2.45) is 11.3 Å². The van der Waals surface area contributed by atoms with Crippen LogP contribution in [0, 0.1) is 5.41 Å². The van der Waals surface area contributed by atoms with Gasteiger partial charge in [0.25, 0.3) is 0 Å². The van der Waals surface area contributed by atoms with Crippen molar-refractivity contribution < 1.29 is 0 Å². The molecule has 17 heavy (non-hydrogen) atoms. The molecular weight excluding hydrogens is 214 g/mol. The number of nitrogens with two attached hydrogens (primary N) is 1. The maximum atomic E-state index is 5.43.